The lowest BCUT2D eigenvalue weighted by molar-refractivity contribution is -0.384. The van der Waals surface area contributed by atoms with Crippen LogP contribution in [0, 0.1) is 10.1 Å². The Morgan fingerprint density at radius 2 is 1.73 bits per heavy atom. The van der Waals surface area contributed by atoms with Crippen molar-refractivity contribution in [1.29, 1.82) is 0 Å². The number of carbonyl (C=O) groups is 1. The number of rotatable bonds is 11. The summed E-state index contributed by atoms with van der Waals surface area (Å²) in [5.74, 6) is 1.29. The van der Waals surface area contributed by atoms with Gasteiger partial charge in [0.15, 0.2) is 11.5 Å². The molecule has 0 spiro atoms. The van der Waals surface area contributed by atoms with E-state index in [0.717, 1.165) is 0 Å². The highest BCUT2D eigenvalue weighted by Gasteiger charge is 2.20. The van der Waals surface area contributed by atoms with Gasteiger partial charge in [-0.3, -0.25) is 15.0 Å². The molecule has 0 bridgehead atoms. The van der Waals surface area contributed by atoms with Crippen molar-refractivity contribution in [2.75, 3.05) is 32.6 Å². The van der Waals surface area contributed by atoms with Crippen molar-refractivity contribution in [2.24, 2.45) is 0 Å². The molecule has 12 heteroatoms. The fraction of sp³-hybridized carbons (Fsp3) is 0.400. The maximum absolute atomic E-state index is 12.4. The van der Waals surface area contributed by atoms with Gasteiger partial charge < -0.3 is 24.8 Å². The summed E-state index contributed by atoms with van der Waals surface area (Å²) in [4.78, 5) is 34.2. The SMILES string of the molecule is COc1cc2ncnc(Oc3ccc(NC(=O)NCCN(C(C)C)C(C)C)c([N+](=O)[O-])c3)c2cc1OC. The first-order chi connectivity index (χ1) is 17.6. The lowest BCUT2D eigenvalue weighted by Gasteiger charge is -2.30. The van der Waals surface area contributed by atoms with Gasteiger partial charge in [-0.1, -0.05) is 0 Å². The van der Waals surface area contributed by atoms with E-state index in [1.807, 2.05) is 0 Å². The predicted octanol–water partition coefficient (Wildman–Crippen LogP) is 4.59. The van der Waals surface area contributed by atoms with E-state index in [2.05, 4.69) is 53.2 Å². The molecular weight excluding hydrogens is 480 g/mol. The highest BCUT2D eigenvalue weighted by molar-refractivity contribution is 5.92. The van der Waals surface area contributed by atoms with E-state index >= 15 is 0 Å². The number of carbonyl (C=O) groups excluding carboxylic acids is 1. The minimum Gasteiger partial charge on any atom is -0.493 e. The molecule has 2 N–H and O–H groups in total. The Morgan fingerprint density at radius 1 is 1.05 bits per heavy atom. The quantitative estimate of drug-likeness (QED) is 0.279. The molecule has 0 aliphatic rings. The van der Waals surface area contributed by atoms with E-state index in [0.29, 0.717) is 47.6 Å². The molecule has 0 atom stereocenters. The molecule has 0 unspecified atom stereocenters. The third kappa shape index (κ3) is 6.73. The number of methoxy groups -OCH3 is 2. The molecule has 1 heterocycles. The van der Waals surface area contributed by atoms with Crippen molar-refractivity contribution < 1.29 is 23.9 Å². The van der Waals surface area contributed by atoms with Crippen LogP contribution in [0.5, 0.6) is 23.1 Å². The molecule has 0 saturated carbocycles. The average molecular weight is 513 g/mol. The summed E-state index contributed by atoms with van der Waals surface area (Å²) >= 11 is 0. The second-order valence-corrected chi connectivity index (χ2v) is 8.75. The molecule has 1 aromatic heterocycles. The average Bonchev–Trinajstić information content (AvgIpc) is 2.86. The molecule has 0 aliphatic carbocycles. The number of amides is 2. The fourth-order valence-electron chi connectivity index (χ4n) is 3.96. The molecule has 0 aliphatic heterocycles. The Kier molecular flexibility index (Phi) is 9.01. The highest BCUT2D eigenvalue weighted by atomic mass is 16.6. The zero-order valence-corrected chi connectivity index (χ0v) is 21.8. The number of hydrogen-bond acceptors (Lipinski definition) is 9. The van der Waals surface area contributed by atoms with Crippen molar-refractivity contribution in [3.63, 3.8) is 0 Å². The Bertz CT molecular complexity index is 1260. The standard InChI is InChI=1S/C25H32N6O6/c1-15(2)30(16(3)4)10-9-26-25(32)29-19-8-7-17(11-21(19)31(33)34)37-24-18-12-22(35-5)23(36-6)13-20(18)27-14-28-24/h7-8,11-16H,9-10H2,1-6H3,(H2,26,29,32). The van der Waals surface area contributed by atoms with Gasteiger partial charge in [0.25, 0.3) is 5.69 Å². The molecule has 0 radical (unpaired) electrons. The number of fused-ring (bicyclic) bond motifs is 1. The first kappa shape index (κ1) is 27.4. The van der Waals surface area contributed by atoms with Crippen molar-refractivity contribution in [1.82, 2.24) is 20.2 Å². The minimum atomic E-state index is -0.590. The molecule has 3 rings (SSSR count). The van der Waals surface area contributed by atoms with Crippen LogP contribution < -0.4 is 24.8 Å². The van der Waals surface area contributed by atoms with Gasteiger partial charge >= 0.3 is 6.03 Å². The summed E-state index contributed by atoms with van der Waals surface area (Å²) in [5.41, 5.74) is 0.259. The lowest BCUT2D eigenvalue weighted by atomic mass is 10.2. The van der Waals surface area contributed by atoms with E-state index < -0.39 is 11.0 Å². The molecule has 0 fully saturated rings. The normalized spacial score (nSPS) is 11.2. The maximum Gasteiger partial charge on any atom is 0.319 e. The van der Waals surface area contributed by atoms with Gasteiger partial charge in [0.05, 0.1) is 36.1 Å². The number of nitrogens with one attached hydrogen (secondary N) is 2. The lowest BCUT2D eigenvalue weighted by Crippen LogP contribution is -2.43. The van der Waals surface area contributed by atoms with Gasteiger partial charge in [-0.25, -0.2) is 14.8 Å². The number of urea groups is 1. The van der Waals surface area contributed by atoms with E-state index in [1.165, 1.54) is 38.7 Å². The van der Waals surface area contributed by atoms with E-state index in [-0.39, 0.29) is 23.0 Å². The number of nitro groups is 1. The summed E-state index contributed by atoms with van der Waals surface area (Å²) in [6.07, 6.45) is 1.32. The van der Waals surface area contributed by atoms with Gasteiger partial charge in [-0.2, -0.15) is 0 Å². The van der Waals surface area contributed by atoms with Gasteiger partial charge in [0.2, 0.25) is 5.88 Å². The van der Waals surface area contributed by atoms with Crippen LogP contribution in [0.15, 0.2) is 36.7 Å². The number of aromatic nitrogens is 2. The molecule has 12 nitrogen and oxygen atoms in total. The first-order valence-corrected chi connectivity index (χ1v) is 11.8. The monoisotopic (exact) mass is 512 g/mol. The zero-order valence-electron chi connectivity index (χ0n) is 21.8. The van der Waals surface area contributed by atoms with E-state index in [9.17, 15) is 14.9 Å². The van der Waals surface area contributed by atoms with Gasteiger partial charge in [0, 0.05) is 31.2 Å². The largest absolute Gasteiger partial charge is 0.493 e. The van der Waals surface area contributed by atoms with E-state index in [1.54, 1.807) is 12.1 Å². The molecule has 2 aromatic carbocycles. The maximum atomic E-state index is 12.4. The van der Waals surface area contributed by atoms with Crippen LogP contribution in [0.3, 0.4) is 0 Å². The first-order valence-electron chi connectivity index (χ1n) is 11.8. The summed E-state index contributed by atoms with van der Waals surface area (Å²) in [7, 11) is 3.02. The summed E-state index contributed by atoms with van der Waals surface area (Å²) < 4.78 is 16.5. The van der Waals surface area contributed by atoms with Crippen LogP contribution in [-0.4, -0.2) is 65.2 Å². The molecule has 0 saturated heterocycles. The summed E-state index contributed by atoms with van der Waals surface area (Å²) in [5, 5.41) is 17.6. The summed E-state index contributed by atoms with van der Waals surface area (Å²) in [6, 6.07) is 7.61. The van der Waals surface area contributed by atoms with Crippen molar-refractivity contribution in [2.45, 2.75) is 39.8 Å². The fourth-order valence-corrected chi connectivity index (χ4v) is 3.96. The Hall–Kier alpha value is -4.19. The Labute approximate surface area is 215 Å². The number of hydrogen-bond donors (Lipinski definition) is 2. The molecule has 2 amide bonds. The van der Waals surface area contributed by atoms with Crippen LogP contribution >= 0.6 is 0 Å². The smallest absolute Gasteiger partial charge is 0.319 e. The van der Waals surface area contributed by atoms with Crippen LogP contribution in [0.1, 0.15) is 27.7 Å². The van der Waals surface area contributed by atoms with Crippen molar-refractivity contribution in [3.8, 4) is 23.1 Å². The second kappa shape index (κ2) is 12.2. The highest BCUT2D eigenvalue weighted by Crippen LogP contribution is 2.37. The van der Waals surface area contributed by atoms with Crippen molar-refractivity contribution in [3.05, 3.63) is 46.8 Å². The van der Waals surface area contributed by atoms with Gasteiger partial charge in [0.1, 0.15) is 17.8 Å². The van der Waals surface area contributed by atoms with Crippen LogP contribution in [-0.2, 0) is 0 Å². The van der Waals surface area contributed by atoms with Crippen LogP contribution in [0.4, 0.5) is 16.2 Å². The minimum absolute atomic E-state index is 0.0402. The molecular formula is C25H32N6O6. The third-order valence-corrected chi connectivity index (χ3v) is 5.71. The molecule has 198 valence electrons. The van der Waals surface area contributed by atoms with Crippen LogP contribution in [0.2, 0.25) is 0 Å². The second-order valence-electron chi connectivity index (χ2n) is 8.75. The predicted molar refractivity (Wildman–Crippen MR) is 140 cm³/mol. The number of anilines is 1. The third-order valence-electron chi connectivity index (χ3n) is 5.71. The Balaban J connectivity index is 1.77. The topological polar surface area (TPSA) is 141 Å². The number of nitro benzene ring substituents is 1. The zero-order chi connectivity index (χ0) is 27.1. The molecule has 37 heavy (non-hydrogen) atoms. The Morgan fingerprint density at radius 3 is 2.35 bits per heavy atom. The number of ether oxygens (including phenoxy) is 3. The van der Waals surface area contributed by atoms with Gasteiger partial charge in [-0.05, 0) is 45.9 Å². The molecule has 3 aromatic rings. The van der Waals surface area contributed by atoms with Crippen molar-refractivity contribution >= 4 is 28.3 Å². The number of benzene rings is 2. The summed E-state index contributed by atoms with van der Waals surface area (Å²) in [6.45, 7) is 9.40. The van der Waals surface area contributed by atoms with Crippen LogP contribution in [0.25, 0.3) is 10.9 Å². The van der Waals surface area contributed by atoms with Gasteiger partial charge in [-0.15, -0.1) is 0 Å². The number of nitrogens with zero attached hydrogens (tertiary/aromatic N) is 4. The van der Waals surface area contributed by atoms with E-state index in [4.69, 9.17) is 14.2 Å².